The first-order chi connectivity index (χ1) is 6.44. The van der Waals surface area contributed by atoms with Gasteiger partial charge in [-0.25, -0.2) is 0 Å². The Balaban J connectivity index is 3.39. The maximum Gasteiger partial charge on any atom is 0.310 e. The highest BCUT2D eigenvalue weighted by Crippen LogP contribution is 3.02. The number of nitrogens with one attached hydrogen (secondary N) is 1. The van der Waals surface area contributed by atoms with E-state index in [2.05, 4.69) is 0 Å². The van der Waals surface area contributed by atoms with Gasteiger partial charge in [-0.1, -0.05) is 31.0 Å². The van der Waals surface area contributed by atoms with E-state index in [4.69, 9.17) is 17.4 Å². The van der Waals surface area contributed by atoms with Gasteiger partial charge in [0.1, 0.15) is 4.90 Å². The number of hydrogen-bond donors (Lipinski definition) is 2. The van der Waals surface area contributed by atoms with Gasteiger partial charge < -0.3 is 5.43 Å². The summed E-state index contributed by atoms with van der Waals surface area (Å²) in [6.07, 6.45) is 0. The fourth-order valence-corrected chi connectivity index (χ4v) is 1.82. The van der Waals surface area contributed by atoms with Crippen molar-refractivity contribution in [1.29, 1.82) is 0 Å². The molecule has 0 heterocycles. The van der Waals surface area contributed by atoms with Crippen LogP contribution in [0.4, 0.5) is 25.1 Å². The van der Waals surface area contributed by atoms with Gasteiger partial charge in [0, 0.05) is 0 Å². The molecule has 1 aromatic rings. The van der Waals surface area contributed by atoms with Gasteiger partial charge in [0.05, 0.1) is 10.7 Å². The summed E-state index contributed by atoms with van der Waals surface area (Å²) in [7, 11) is -9.65. The molecular formula is C6H6ClF5N2S. The zero-order valence-electron chi connectivity index (χ0n) is 6.99. The SMILES string of the molecule is NNc1ccc(S(F)(F)(F)(F)F)cc1Cl. The van der Waals surface area contributed by atoms with Crippen LogP contribution in [0.3, 0.4) is 0 Å². The summed E-state index contributed by atoms with van der Waals surface area (Å²) in [5.74, 6) is 4.88. The molecule has 0 aliphatic carbocycles. The Morgan fingerprint density at radius 1 is 1.13 bits per heavy atom. The lowest BCUT2D eigenvalue weighted by atomic mass is 10.3. The third-order valence-corrected chi connectivity index (χ3v) is 3.00. The molecule has 0 atom stereocenters. The van der Waals surface area contributed by atoms with Crippen molar-refractivity contribution >= 4 is 27.5 Å². The van der Waals surface area contributed by atoms with E-state index in [0.717, 1.165) is 6.07 Å². The molecular weight excluding hydrogens is 263 g/mol. The topological polar surface area (TPSA) is 38.0 Å². The molecule has 9 heteroatoms. The van der Waals surface area contributed by atoms with Gasteiger partial charge >= 0.3 is 10.2 Å². The summed E-state index contributed by atoms with van der Waals surface area (Å²) < 4.78 is 61.3. The van der Waals surface area contributed by atoms with Crippen LogP contribution in [-0.2, 0) is 0 Å². The van der Waals surface area contributed by atoms with Crippen LogP contribution in [0.25, 0.3) is 0 Å². The van der Waals surface area contributed by atoms with Crippen molar-refractivity contribution in [3.63, 3.8) is 0 Å². The van der Waals surface area contributed by atoms with Crippen molar-refractivity contribution in [3.8, 4) is 0 Å². The summed E-state index contributed by atoms with van der Waals surface area (Å²) in [5, 5.41) is -0.525. The van der Waals surface area contributed by atoms with Gasteiger partial charge in [-0.2, -0.15) is 0 Å². The van der Waals surface area contributed by atoms with Crippen molar-refractivity contribution in [2.24, 2.45) is 5.84 Å². The third-order valence-electron chi connectivity index (χ3n) is 1.54. The van der Waals surface area contributed by atoms with E-state index < -0.39 is 20.1 Å². The highest BCUT2D eigenvalue weighted by molar-refractivity contribution is 8.45. The fraction of sp³-hybridized carbons (Fsp3) is 0. The standard InChI is InChI=1S/C6H6ClF5N2S/c7-5-3-4(1-2-6(5)14-13)15(8,9,10,11)12/h1-3,14H,13H2. The van der Waals surface area contributed by atoms with Gasteiger partial charge in [0.15, 0.2) is 0 Å². The summed E-state index contributed by atoms with van der Waals surface area (Å²) >= 11 is 5.30. The Labute approximate surface area is 86.9 Å². The molecule has 88 valence electrons. The van der Waals surface area contributed by atoms with Crippen molar-refractivity contribution in [1.82, 2.24) is 0 Å². The number of anilines is 1. The highest BCUT2D eigenvalue weighted by atomic mass is 35.5. The molecule has 0 unspecified atom stereocenters. The van der Waals surface area contributed by atoms with Crippen molar-refractivity contribution < 1.29 is 19.4 Å². The van der Waals surface area contributed by atoms with Crippen molar-refractivity contribution in [3.05, 3.63) is 23.2 Å². The van der Waals surface area contributed by atoms with Gasteiger partial charge in [0.2, 0.25) is 0 Å². The largest absolute Gasteiger partial charge is 0.323 e. The maximum atomic E-state index is 12.3. The molecule has 0 aromatic heterocycles. The van der Waals surface area contributed by atoms with Gasteiger partial charge in [-0.3, -0.25) is 5.84 Å². The van der Waals surface area contributed by atoms with E-state index in [9.17, 15) is 19.4 Å². The van der Waals surface area contributed by atoms with E-state index in [1.54, 1.807) is 0 Å². The quantitative estimate of drug-likeness (QED) is 0.477. The van der Waals surface area contributed by atoms with Crippen LogP contribution in [0.5, 0.6) is 0 Å². The third kappa shape index (κ3) is 2.86. The number of halogens is 6. The van der Waals surface area contributed by atoms with Crippen LogP contribution in [0, 0.1) is 0 Å². The van der Waals surface area contributed by atoms with Crippen LogP contribution >= 0.6 is 21.8 Å². The molecule has 0 saturated carbocycles. The lowest BCUT2D eigenvalue weighted by Gasteiger charge is -2.40. The summed E-state index contributed by atoms with van der Waals surface area (Å²) in [5.41, 5.74) is 1.90. The zero-order valence-corrected chi connectivity index (χ0v) is 8.56. The van der Waals surface area contributed by atoms with Gasteiger partial charge in [-0.15, -0.1) is 0 Å². The van der Waals surface area contributed by atoms with E-state index in [-0.39, 0.29) is 17.8 Å². The number of hydrazine groups is 1. The maximum absolute atomic E-state index is 12.3. The number of nitrogen functional groups attached to an aromatic ring is 1. The van der Waals surface area contributed by atoms with Crippen LogP contribution in [0.15, 0.2) is 23.1 Å². The highest BCUT2D eigenvalue weighted by Gasteiger charge is 2.65. The van der Waals surface area contributed by atoms with Crippen molar-refractivity contribution in [2.45, 2.75) is 4.90 Å². The Kier molecular flexibility index (Phi) is 2.21. The summed E-state index contributed by atoms with van der Waals surface area (Å²) in [6.45, 7) is 0. The molecule has 0 aliphatic rings. The molecule has 0 aliphatic heterocycles. The minimum absolute atomic E-state index is 0.0673. The number of rotatable bonds is 2. The first-order valence-corrected chi connectivity index (χ1v) is 5.77. The molecule has 15 heavy (non-hydrogen) atoms. The van der Waals surface area contributed by atoms with E-state index in [1.165, 1.54) is 0 Å². The molecule has 1 rings (SSSR count). The summed E-state index contributed by atoms with van der Waals surface area (Å²) in [6, 6.07) is 1.09. The van der Waals surface area contributed by atoms with Gasteiger partial charge in [0.25, 0.3) is 0 Å². The molecule has 0 fully saturated rings. The van der Waals surface area contributed by atoms with Crippen LogP contribution in [-0.4, -0.2) is 0 Å². The average molecular weight is 269 g/mol. The van der Waals surface area contributed by atoms with Crippen LogP contribution in [0.1, 0.15) is 0 Å². The molecule has 0 amide bonds. The lowest BCUT2D eigenvalue weighted by Crippen LogP contribution is -2.09. The van der Waals surface area contributed by atoms with E-state index in [1.807, 2.05) is 5.43 Å². The zero-order chi connectivity index (χ0) is 12.0. The number of hydrogen-bond acceptors (Lipinski definition) is 2. The van der Waals surface area contributed by atoms with E-state index in [0.29, 0.717) is 0 Å². The Bertz CT molecular complexity index is 403. The second kappa shape index (κ2) is 2.69. The van der Waals surface area contributed by atoms with Gasteiger partial charge in [-0.05, 0) is 18.2 Å². The first-order valence-electron chi connectivity index (χ1n) is 3.44. The first kappa shape index (κ1) is 12.3. The van der Waals surface area contributed by atoms with Crippen LogP contribution in [0.2, 0.25) is 5.02 Å². The second-order valence-corrected chi connectivity index (χ2v) is 5.57. The smallest absolute Gasteiger partial charge is 0.310 e. The summed E-state index contributed by atoms with van der Waals surface area (Å²) in [4.78, 5) is -2.04. The normalized spacial score (nSPS) is 16.7. The monoisotopic (exact) mass is 268 g/mol. The average Bonchev–Trinajstić information content (AvgIpc) is 2.00. The molecule has 1 aromatic carbocycles. The minimum atomic E-state index is -9.65. The number of benzene rings is 1. The van der Waals surface area contributed by atoms with E-state index >= 15 is 0 Å². The Morgan fingerprint density at radius 3 is 2.00 bits per heavy atom. The molecule has 3 N–H and O–H groups in total. The predicted octanol–water partition coefficient (Wildman–Crippen LogP) is 4.28. The Morgan fingerprint density at radius 2 is 1.67 bits per heavy atom. The molecule has 2 nitrogen and oxygen atoms in total. The lowest BCUT2D eigenvalue weighted by molar-refractivity contribution is 0.364. The minimum Gasteiger partial charge on any atom is -0.323 e. The van der Waals surface area contributed by atoms with Crippen LogP contribution < -0.4 is 11.3 Å². The predicted molar refractivity (Wildman–Crippen MR) is 50.7 cm³/mol. The molecule has 0 bridgehead atoms. The second-order valence-electron chi connectivity index (χ2n) is 2.75. The molecule has 0 saturated heterocycles. The van der Waals surface area contributed by atoms with Crippen molar-refractivity contribution in [2.75, 3.05) is 5.43 Å². The molecule has 0 spiro atoms. The fourth-order valence-electron chi connectivity index (χ4n) is 0.853. The Hall–Kier alpha value is -0.730. The molecule has 0 radical (unpaired) electrons. The number of nitrogens with two attached hydrogens (primary N) is 1.